The SMILES string of the molecule is CC#Cc1ccc(C(=O)N(C)CCF)cc1.Cc1cccccnc[nH]1. The maximum Gasteiger partial charge on any atom is 0.253 e. The van der Waals surface area contributed by atoms with Crippen molar-refractivity contribution in [3.63, 3.8) is 0 Å². The maximum atomic E-state index is 12.1. The molecule has 1 heterocycles. The minimum absolute atomic E-state index is 0.120. The van der Waals surface area contributed by atoms with Crippen LogP contribution in [-0.4, -0.2) is 41.0 Å². The van der Waals surface area contributed by atoms with Gasteiger partial charge in [-0.25, -0.2) is 9.37 Å². The van der Waals surface area contributed by atoms with Gasteiger partial charge in [0.15, 0.2) is 0 Å². The Morgan fingerprint density at radius 2 is 1.92 bits per heavy atom. The highest BCUT2D eigenvalue weighted by Gasteiger charge is 2.10. The number of hydrogen-bond donors (Lipinski definition) is 1. The first kappa shape index (κ1) is 20.9. The molecule has 2 rings (SSSR count). The number of aromatic nitrogens is 2. The molecule has 0 saturated heterocycles. The van der Waals surface area contributed by atoms with E-state index in [4.69, 9.17) is 0 Å². The van der Waals surface area contributed by atoms with E-state index in [2.05, 4.69) is 21.8 Å². The van der Waals surface area contributed by atoms with E-state index in [9.17, 15) is 9.18 Å². The first-order valence-corrected chi connectivity index (χ1v) is 8.21. The highest BCUT2D eigenvalue weighted by atomic mass is 19.1. The molecule has 136 valence electrons. The number of rotatable bonds is 3. The van der Waals surface area contributed by atoms with E-state index in [1.54, 1.807) is 50.8 Å². The number of amides is 1. The van der Waals surface area contributed by atoms with Crippen LogP contribution in [0.3, 0.4) is 0 Å². The fraction of sp³-hybridized carbons (Fsp3) is 0.238. The molecule has 1 amide bonds. The molecule has 5 heteroatoms. The van der Waals surface area contributed by atoms with Crippen molar-refractivity contribution in [1.29, 1.82) is 0 Å². The predicted octanol–water partition coefficient (Wildman–Crippen LogP) is 3.94. The fourth-order valence-corrected chi connectivity index (χ4v) is 1.88. The molecule has 0 unspecified atom stereocenters. The molecule has 0 radical (unpaired) electrons. The van der Waals surface area contributed by atoms with Crippen LogP contribution in [0.2, 0.25) is 0 Å². The molecule has 0 aliphatic rings. The molecule has 0 atom stereocenters. The van der Waals surface area contributed by atoms with Crippen molar-refractivity contribution in [2.45, 2.75) is 13.8 Å². The Morgan fingerprint density at radius 1 is 1.19 bits per heavy atom. The Morgan fingerprint density at radius 3 is 2.58 bits per heavy atom. The zero-order valence-electron chi connectivity index (χ0n) is 15.4. The molecular weight excluding hydrogens is 329 g/mol. The third kappa shape index (κ3) is 8.11. The summed E-state index contributed by atoms with van der Waals surface area (Å²) in [6, 6.07) is 14.8. The number of carbonyl (C=O) groups excluding carboxylic acids is 1. The van der Waals surface area contributed by atoms with Gasteiger partial charge in [0.25, 0.3) is 5.91 Å². The summed E-state index contributed by atoms with van der Waals surface area (Å²) in [5.74, 6) is 5.50. The zero-order chi connectivity index (χ0) is 19.2. The molecule has 0 saturated carbocycles. The van der Waals surface area contributed by atoms with Crippen molar-refractivity contribution in [2.75, 3.05) is 20.3 Å². The van der Waals surface area contributed by atoms with E-state index in [1.807, 2.05) is 31.2 Å². The van der Waals surface area contributed by atoms with Gasteiger partial charge >= 0.3 is 0 Å². The van der Waals surface area contributed by atoms with Crippen LogP contribution in [-0.2, 0) is 0 Å². The van der Waals surface area contributed by atoms with Gasteiger partial charge in [-0.05, 0) is 50.2 Å². The number of halogens is 1. The second-order valence-electron chi connectivity index (χ2n) is 5.37. The summed E-state index contributed by atoms with van der Waals surface area (Å²) in [5, 5.41) is 0. The average Bonchev–Trinajstić information content (AvgIpc) is 2.76. The number of nitrogens with one attached hydrogen (secondary N) is 1. The molecule has 2 aromatic rings. The van der Waals surface area contributed by atoms with Gasteiger partial charge < -0.3 is 9.88 Å². The highest BCUT2D eigenvalue weighted by Crippen LogP contribution is 2.06. The number of H-pyrrole nitrogens is 1. The van der Waals surface area contributed by atoms with E-state index in [-0.39, 0.29) is 12.5 Å². The Balaban J connectivity index is 0.000000289. The maximum absolute atomic E-state index is 12.1. The van der Waals surface area contributed by atoms with Crippen LogP contribution in [0.25, 0.3) is 0 Å². The molecule has 0 spiro atoms. The van der Waals surface area contributed by atoms with E-state index in [1.165, 1.54) is 4.90 Å². The van der Waals surface area contributed by atoms with E-state index in [0.717, 1.165) is 11.3 Å². The number of aromatic amines is 1. The summed E-state index contributed by atoms with van der Waals surface area (Å²) in [4.78, 5) is 20.0. The fourth-order valence-electron chi connectivity index (χ4n) is 1.88. The monoisotopic (exact) mass is 353 g/mol. The van der Waals surface area contributed by atoms with Gasteiger partial charge in [-0.3, -0.25) is 4.79 Å². The largest absolute Gasteiger partial charge is 0.350 e. The summed E-state index contributed by atoms with van der Waals surface area (Å²) in [7, 11) is 1.58. The third-order valence-electron chi connectivity index (χ3n) is 3.28. The standard InChI is InChI=1S/C13H14FNO.C8H10N2/c1-3-4-11-5-7-12(8-6-11)13(16)15(2)10-9-14;1-8-5-3-2-4-6-9-7-10-8/h5-8H,9-10H2,1-2H3;2-7H,1H3,(H,9,10). The minimum atomic E-state index is -0.526. The van der Waals surface area contributed by atoms with Gasteiger partial charge in [-0.15, -0.1) is 5.92 Å². The molecule has 0 bridgehead atoms. The second kappa shape index (κ2) is 12.3. The number of benzene rings is 1. The van der Waals surface area contributed by atoms with Gasteiger partial charge in [-0.1, -0.05) is 18.1 Å². The Bertz CT molecular complexity index is 762. The average molecular weight is 353 g/mol. The molecule has 1 aromatic carbocycles. The van der Waals surface area contributed by atoms with Gasteiger partial charge in [0.1, 0.15) is 6.67 Å². The van der Waals surface area contributed by atoms with Crippen LogP contribution in [0, 0.1) is 18.8 Å². The lowest BCUT2D eigenvalue weighted by Gasteiger charge is -2.14. The smallest absolute Gasteiger partial charge is 0.253 e. The van der Waals surface area contributed by atoms with E-state index in [0.29, 0.717) is 5.56 Å². The zero-order valence-corrected chi connectivity index (χ0v) is 15.4. The first-order chi connectivity index (χ1) is 12.6. The molecule has 1 aromatic heterocycles. The van der Waals surface area contributed by atoms with Crippen molar-refractivity contribution in [3.8, 4) is 11.8 Å². The van der Waals surface area contributed by atoms with Crippen LogP contribution < -0.4 is 0 Å². The second-order valence-corrected chi connectivity index (χ2v) is 5.37. The molecule has 0 aliphatic carbocycles. The van der Waals surface area contributed by atoms with Crippen LogP contribution in [0.5, 0.6) is 0 Å². The lowest BCUT2D eigenvalue weighted by atomic mass is 10.1. The van der Waals surface area contributed by atoms with Crippen molar-refractivity contribution < 1.29 is 9.18 Å². The lowest BCUT2D eigenvalue weighted by molar-refractivity contribution is 0.0786. The number of aryl methyl sites for hydroxylation is 1. The molecule has 26 heavy (non-hydrogen) atoms. The molecule has 0 aliphatic heterocycles. The highest BCUT2D eigenvalue weighted by molar-refractivity contribution is 5.94. The Labute approximate surface area is 154 Å². The van der Waals surface area contributed by atoms with Gasteiger partial charge in [-0.2, -0.15) is 0 Å². The normalized spacial score (nSPS) is 8.92. The van der Waals surface area contributed by atoms with Gasteiger partial charge in [0, 0.05) is 36.6 Å². The molecular formula is C21H24FN3O. The number of nitrogens with zero attached hydrogens (tertiary/aromatic N) is 2. The van der Waals surface area contributed by atoms with Crippen molar-refractivity contribution in [3.05, 3.63) is 77.9 Å². The van der Waals surface area contributed by atoms with Crippen LogP contribution in [0.4, 0.5) is 4.39 Å². The predicted molar refractivity (Wildman–Crippen MR) is 103 cm³/mol. The van der Waals surface area contributed by atoms with Crippen molar-refractivity contribution >= 4 is 5.91 Å². The number of hydrogen-bond acceptors (Lipinski definition) is 2. The topological polar surface area (TPSA) is 49.0 Å². The molecule has 0 fully saturated rings. The lowest BCUT2D eigenvalue weighted by Crippen LogP contribution is -2.28. The van der Waals surface area contributed by atoms with Crippen LogP contribution in [0.15, 0.2) is 61.1 Å². The third-order valence-corrected chi connectivity index (χ3v) is 3.28. The Kier molecular flexibility index (Phi) is 9.86. The number of alkyl halides is 1. The van der Waals surface area contributed by atoms with Gasteiger partial charge in [0.05, 0.1) is 6.33 Å². The summed E-state index contributed by atoms with van der Waals surface area (Å²) >= 11 is 0. The van der Waals surface area contributed by atoms with Crippen LogP contribution >= 0.6 is 0 Å². The van der Waals surface area contributed by atoms with E-state index < -0.39 is 6.67 Å². The van der Waals surface area contributed by atoms with Crippen molar-refractivity contribution in [2.24, 2.45) is 0 Å². The Hall–Kier alpha value is -3.13. The van der Waals surface area contributed by atoms with Crippen molar-refractivity contribution in [1.82, 2.24) is 14.9 Å². The van der Waals surface area contributed by atoms with Gasteiger partial charge in [0.2, 0.25) is 0 Å². The molecule has 1 N–H and O–H groups in total. The quantitative estimate of drug-likeness (QED) is 0.850. The molecule has 4 nitrogen and oxygen atoms in total. The summed E-state index contributed by atoms with van der Waals surface area (Å²) in [5.41, 5.74) is 2.51. The number of carbonyl (C=O) groups is 1. The summed E-state index contributed by atoms with van der Waals surface area (Å²) < 4.78 is 12.1. The summed E-state index contributed by atoms with van der Waals surface area (Å²) in [6.07, 6.45) is 3.39. The van der Waals surface area contributed by atoms with Crippen LogP contribution in [0.1, 0.15) is 28.5 Å². The summed E-state index contributed by atoms with van der Waals surface area (Å²) in [6.45, 7) is 3.34. The first-order valence-electron chi connectivity index (χ1n) is 8.21. The minimum Gasteiger partial charge on any atom is -0.350 e. The van der Waals surface area contributed by atoms with E-state index >= 15 is 0 Å².